The van der Waals surface area contributed by atoms with Crippen LogP contribution in [-0.2, 0) is 16.4 Å². The number of hydrogen-bond donors (Lipinski definition) is 1. The molecule has 1 saturated heterocycles. The molecule has 1 aliphatic heterocycles. The maximum atomic E-state index is 11.2. The molecule has 0 bridgehead atoms. The van der Waals surface area contributed by atoms with E-state index in [9.17, 15) is 8.42 Å². The van der Waals surface area contributed by atoms with Gasteiger partial charge in [0.15, 0.2) is 9.84 Å². The Bertz CT molecular complexity index is 513. The summed E-state index contributed by atoms with van der Waals surface area (Å²) >= 11 is 1.52. The number of nitriles is 1. The van der Waals surface area contributed by atoms with Crippen molar-refractivity contribution in [1.29, 1.82) is 5.26 Å². The van der Waals surface area contributed by atoms with E-state index in [4.69, 9.17) is 5.26 Å². The maximum Gasteiger partial charge on any atom is 0.151 e. The molecule has 1 aromatic rings. The van der Waals surface area contributed by atoms with Crippen LogP contribution in [0.4, 0.5) is 0 Å². The molecular weight excluding hydrogens is 244 g/mol. The van der Waals surface area contributed by atoms with E-state index >= 15 is 0 Å². The molecule has 1 N–H and O–H groups in total. The minimum Gasteiger partial charge on any atom is -0.308 e. The zero-order valence-corrected chi connectivity index (χ0v) is 10.3. The average Bonchev–Trinajstić information content (AvgIpc) is 2.81. The lowest BCUT2D eigenvalue weighted by Crippen LogP contribution is -2.29. The summed E-state index contributed by atoms with van der Waals surface area (Å²) in [5.41, 5.74) is 0.667. The molecule has 1 atom stereocenters. The predicted molar refractivity (Wildman–Crippen MR) is 62.9 cm³/mol. The van der Waals surface area contributed by atoms with Gasteiger partial charge < -0.3 is 5.32 Å². The van der Waals surface area contributed by atoms with Crippen LogP contribution in [0.1, 0.15) is 16.9 Å². The number of sulfone groups is 1. The summed E-state index contributed by atoms with van der Waals surface area (Å²) in [6, 6.07) is 3.98. The van der Waals surface area contributed by atoms with Crippen LogP contribution in [0.25, 0.3) is 0 Å². The molecule has 16 heavy (non-hydrogen) atoms. The molecule has 0 amide bonds. The zero-order valence-electron chi connectivity index (χ0n) is 8.64. The van der Waals surface area contributed by atoms with Crippen molar-refractivity contribution in [3.63, 3.8) is 0 Å². The smallest absolute Gasteiger partial charge is 0.151 e. The van der Waals surface area contributed by atoms with E-state index in [0.717, 1.165) is 4.88 Å². The summed E-state index contributed by atoms with van der Waals surface area (Å²) < 4.78 is 22.4. The second-order valence-electron chi connectivity index (χ2n) is 3.89. The van der Waals surface area contributed by atoms with Gasteiger partial charge in [-0.25, -0.2) is 8.42 Å². The van der Waals surface area contributed by atoms with Crippen LogP contribution < -0.4 is 5.32 Å². The van der Waals surface area contributed by atoms with Gasteiger partial charge >= 0.3 is 0 Å². The third-order valence-electron chi connectivity index (χ3n) is 2.58. The molecule has 0 saturated carbocycles. The summed E-state index contributed by atoms with van der Waals surface area (Å²) in [6.45, 7) is 0.645. The van der Waals surface area contributed by atoms with Gasteiger partial charge in [0.2, 0.25) is 0 Å². The Labute approximate surface area is 98.8 Å². The van der Waals surface area contributed by atoms with Gasteiger partial charge in [-0.15, -0.1) is 11.3 Å². The van der Waals surface area contributed by atoms with Gasteiger partial charge in [0, 0.05) is 22.8 Å². The highest BCUT2D eigenvalue weighted by Crippen LogP contribution is 2.16. The second-order valence-corrected chi connectivity index (χ2v) is 7.12. The number of thiophene rings is 1. The van der Waals surface area contributed by atoms with Crippen molar-refractivity contribution in [3.05, 3.63) is 21.9 Å². The fourth-order valence-corrected chi connectivity index (χ4v) is 4.20. The summed E-state index contributed by atoms with van der Waals surface area (Å²) in [4.78, 5) is 1.07. The maximum absolute atomic E-state index is 11.2. The van der Waals surface area contributed by atoms with Crippen LogP contribution in [-0.4, -0.2) is 26.0 Å². The standard InChI is InChI=1S/C10H12N2O2S2/c11-4-8-3-10(15-6-8)5-12-9-1-2-16(13,14)7-9/h3,6,9,12H,1-2,5,7H2. The molecule has 4 nitrogen and oxygen atoms in total. The van der Waals surface area contributed by atoms with Crippen molar-refractivity contribution < 1.29 is 8.42 Å². The quantitative estimate of drug-likeness (QED) is 0.872. The highest BCUT2D eigenvalue weighted by molar-refractivity contribution is 7.91. The van der Waals surface area contributed by atoms with Crippen LogP contribution in [0, 0.1) is 11.3 Å². The molecule has 1 fully saturated rings. The van der Waals surface area contributed by atoms with E-state index in [1.165, 1.54) is 11.3 Å². The molecule has 0 aliphatic carbocycles. The molecule has 86 valence electrons. The lowest BCUT2D eigenvalue weighted by atomic mass is 10.2. The van der Waals surface area contributed by atoms with E-state index in [1.807, 2.05) is 11.4 Å². The summed E-state index contributed by atoms with van der Waals surface area (Å²) in [5, 5.41) is 13.7. The molecule has 6 heteroatoms. The van der Waals surface area contributed by atoms with Gasteiger partial charge in [-0.1, -0.05) is 0 Å². The highest BCUT2D eigenvalue weighted by Gasteiger charge is 2.27. The fourth-order valence-electron chi connectivity index (χ4n) is 1.73. The Morgan fingerprint density at radius 3 is 3.00 bits per heavy atom. The van der Waals surface area contributed by atoms with Crippen molar-refractivity contribution in [2.75, 3.05) is 11.5 Å². The number of rotatable bonds is 3. The first-order valence-electron chi connectivity index (χ1n) is 5.00. The van der Waals surface area contributed by atoms with Crippen molar-refractivity contribution in [2.45, 2.75) is 19.0 Å². The molecule has 1 aromatic heterocycles. The van der Waals surface area contributed by atoms with Crippen LogP contribution in [0.15, 0.2) is 11.4 Å². The Morgan fingerprint density at radius 1 is 1.62 bits per heavy atom. The fraction of sp³-hybridized carbons (Fsp3) is 0.500. The zero-order chi connectivity index (χ0) is 11.6. The second kappa shape index (κ2) is 4.53. The lowest BCUT2D eigenvalue weighted by Gasteiger charge is -2.08. The number of hydrogen-bond acceptors (Lipinski definition) is 5. The molecule has 2 heterocycles. The van der Waals surface area contributed by atoms with Crippen LogP contribution in [0.2, 0.25) is 0 Å². The van der Waals surface area contributed by atoms with Crippen molar-refractivity contribution in [1.82, 2.24) is 5.32 Å². The SMILES string of the molecule is N#Cc1csc(CNC2CCS(=O)(=O)C2)c1. The van der Waals surface area contributed by atoms with Crippen molar-refractivity contribution in [2.24, 2.45) is 0 Å². The first kappa shape index (κ1) is 11.6. The number of nitrogens with zero attached hydrogens (tertiary/aromatic N) is 1. The minimum absolute atomic E-state index is 0.0673. The van der Waals surface area contributed by atoms with Crippen LogP contribution >= 0.6 is 11.3 Å². The third-order valence-corrected chi connectivity index (χ3v) is 5.28. The van der Waals surface area contributed by atoms with Gasteiger partial charge in [0.1, 0.15) is 6.07 Å². The normalized spacial score (nSPS) is 23.1. The summed E-state index contributed by atoms with van der Waals surface area (Å²) in [6.07, 6.45) is 0.693. The molecule has 2 rings (SSSR count). The molecule has 0 aromatic carbocycles. The van der Waals surface area contributed by atoms with Crippen LogP contribution in [0.5, 0.6) is 0 Å². The monoisotopic (exact) mass is 256 g/mol. The summed E-state index contributed by atoms with van der Waals surface area (Å²) in [5.74, 6) is 0.530. The van der Waals surface area contributed by atoms with E-state index in [1.54, 1.807) is 0 Å². The number of nitrogens with one attached hydrogen (secondary N) is 1. The lowest BCUT2D eigenvalue weighted by molar-refractivity contribution is 0.557. The Morgan fingerprint density at radius 2 is 2.44 bits per heavy atom. The third kappa shape index (κ3) is 2.82. The summed E-state index contributed by atoms with van der Waals surface area (Å²) in [7, 11) is -2.81. The Kier molecular flexibility index (Phi) is 3.28. The van der Waals surface area contributed by atoms with Gasteiger partial charge in [-0.2, -0.15) is 5.26 Å². The first-order valence-corrected chi connectivity index (χ1v) is 7.70. The van der Waals surface area contributed by atoms with Crippen molar-refractivity contribution in [3.8, 4) is 6.07 Å². The van der Waals surface area contributed by atoms with Crippen molar-refractivity contribution >= 4 is 21.2 Å². The first-order chi connectivity index (χ1) is 7.59. The van der Waals surface area contributed by atoms with Gasteiger partial charge in [-0.05, 0) is 12.5 Å². The largest absolute Gasteiger partial charge is 0.308 e. The molecule has 1 unspecified atom stereocenters. The van der Waals surface area contributed by atoms with Gasteiger partial charge in [0.25, 0.3) is 0 Å². The highest BCUT2D eigenvalue weighted by atomic mass is 32.2. The molecule has 0 radical (unpaired) electrons. The predicted octanol–water partition coefficient (Wildman–Crippen LogP) is 0.896. The Hall–Kier alpha value is -0.900. The molecule has 1 aliphatic rings. The van der Waals surface area contributed by atoms with E-state index in [0.29, 0.717) is 24.3 Å². The van der Waals surface area contributed by atoms with Gasteiger partial charge in [0.05, 0.1) is 17.1 Å². The van der Waals surface area contributed by atoms with Crippen LogP contribution in [0.3, 0.4) is 0 Å². The van der Waals surface area contributed by atoms with E-state index in [2.05, 4.69) is 11.4 Å². The molecule has 0 spiro atoms. The van der Waals surface area contributed by atoms with E-state index in [-0.39, 0.29) is 11.8 Å². The Balaban J connectivity index is 1.87. The minimum atomic E-state index is -2.81. The topological polar surface area (TPSA) is 70.0 Å². The average molecular weight is 256 g/mol. The molecular formula is C10H12N2O2S2. The van der Waals surface area contributed by atoms with E-state index < -0.39 is 9.84 Å². The van der Waals surface area contributed by atoms with Gasteiger partial charge in [-0.3, -0.25) is 0 Å².